The van der Waals surface area contributed by atoms with Gasteiger partial charge in [-0.1, -0.05) is 20.8 Å². The van der Waals surface area contributed by atoms with Crippen LogP contribution in [0.4, 0.5) is 0 Å². The molecule has 98 valence electrons. The normalized spacial score (nSPS) is 13.9. The Morgan fingerprint density at radius 3 is 2.47 bits per heavy atom. The number of nitrogens with one attached hydrogen (secondary N) is 1. The van der Waals surface area contributed by atoms with Gasteiger partial charge >= 0.3 is 0 Å². The predicted molar refractivity (Wildman–Crippen MR) is 76.6 cm³/mol. The maximum Gasteiger partial charge on any atom is 0.120 e. The van der Waals surface area contributed by atoms with Gasteiger partial charge in [-0.25, -0.2) is 0 Å². The third-order valence-corrected chi connectivity index (χ3v) is 5.27. The van der Waals surface area contributed by atoms with Crippen molar-refractivity contribution in [3.8, 4) is 0 Å². The van der Waals surface area contributed by atoms with E-state index in [2.05, 4.69) is 38.4 Å². The van der Waals surface area contributed by atoms with Crippen LogP contribution in [-0.2, 0) is 0 Å². The van der Waals surface area contributed by atoms with E-state index in [1.807, 2.05) is 17.8 Å². The standard InChI is InChI=1S/C14H25NOS/c1-5-12(13-9-8-10-16-13)15-11-14(6-2,7-3)17-4/h8-10,12,15H,5-7,11H2,1-4H3. The number of rotatable bonds is 8. The molecule has 0 spiro atoms. The molecule has 0 aliphatic rings. The summed E-state index contributed by atoms with van der Waals surface area (Å²) in [6, 6.07) is 4.36. The third-order valence-electron chi connectivity index (χ3n) is 3.69. The largest absolute Gasteiger partial charge is 0.468 e. The molecular formula is C14H25NOS. The molecule has 0 saturated carbocycles. The van der Waals surface area contributed by atoms with Crippen molar-refractivity contribution < 1.29 is 4.42 Å². The van der Waals surface area contributed by atoms with Crippen LogP contribution >= 0.6 is 11.8 Å². The van der Waals surface area contributed by atoms with Gasteiger partial charge in [0.1, 0.15) is 5.76 Å². The Balaban J connectivity index is 2.58. The molecule has 0 radical (unpaired) electrons. The van der Waals surface area contributed by atoms with Gasteiger partial charge in [-0.2, -0.15) is 11.8 Å². The summed E-state index contributed by atoms with van der Waals surface area (Å²) in [7, 11) is 0. The Morgan fingerprint density at radius 2 is 2.06 bits per heavy atom. The van der Waals surface area contributed by atoms with Gasteiger partial charge in [-0.3, -0.25) is 0 Å². The zero-order valence-corrected chi connectivity index (χ0v) is 12.3. The van der Waals surface area contributed by atoms with Crippen molar-refractivity contribution in [2.45, 2.75) is 50.8 Å². The van der Waals surface area contributed by atoms with Crippen LogP contribution in [0.15, 0.2) is 22.8 Å². The minimum atomic E-state index is 0.342. The van der Waals surface area contributed by atoms with Crippen LogP contribution < -0.4 is 5.32 Å². The molecule has 3 heteroatoms. The number of hydrogen-bond donors (Lipinski definition) is 1. The van der Waals surface area contributed by atoms with Gasteiger partial charge in [0.05, 0.1) is 12.3 Å². The number of furan rings is 1. The molecule has 0 fully saturated rings. The van der Waals surface area contributed by atoms with Crippen LogP contribution in [0.3, 0.4) is 0 Å². The fourth-order valence-electron chi connectivity index (χ4n) is 2.11. The highest BCUT2D eigenvalue weighted by Gasteiger charge is 2.26. The van der Waals surface area contributed by atoms with Crippen molar-refractivity contribution in [3.63, 3.8) is 0 Å². The molecule has 1 aromatic rings. The number of hydrogen-bond acceptors (Lipinski definition) is 3. The molecule has 1 rings (SSSR count). The summed E-state index contributed by atoms with van der Waals surface area (Å²) in [4.78, 5) is 0. The van der Waals surface area contributed by atoms with Gasteiger partial charge in [0.15, 0.2) is 0 Å². The van der Waals surface area contributed by atoms with Crippen LogP contribution in [0.1, 0.15) is 51.8 Å². The zero-order valence-electron chi connectivity index (χ0n) is 11.5. The van der Waals surface area contributed by atoms with E-state index in [0.29, 0.717) is 10.8 Å². The Hall–Kier alpha value is -0.410. The van der Waals surface area contributed by atoms with Gasteiger partial charge in [-0.05, 0) is 37.7 Å². The lowest BCUT2D eigenvalue weighted by Gasteiger charge is -2.31. The Kier molecular flexibility index (Phi) is 6.14. The second-order valence-electron chi connectivity index (χ2n) is 4.45. The highest BCUT2D eigenvalue weighted by atomic mass is 32.2. The van der Waals surface area contributed by atoms with Gasteiger partial charge < -0.3 is 9.73 Å². The van der Waals surface area contributed by atoms with E-state index in [9.17, 15) is 0 Å². The molecule has 1 N–H and O–H groups in total. The highest BCUT2D eigenvalue weighted by molar-refractivity contribution is 8.00. The van der Waals surface area contributed by atoms with E-state index in [1.165, 1.54) is 12.8 Å². The molecule has 0 amide bonds. The van der Waals surface area contributed by atoms with Crippen molar-refractivity contribution in [2.24, 2.45) is 0 Å². The summed E-state index contributed by atoms with van der Waals surface area (Å²) in [5.41, 5.74) is 0. The SMILES string of the molecule is CCC(NCC(CC)(CC)SC)c1ccco1. The molecule has 1 atom stereocenters. The quantitative estimate of drug-likeness (QED) is 0.752. The maximum absolute atomic E-state index is 5.48. The van der Waals surface area contributed by atoms with E-state index in [-0.39, 0.29) is 0 Å². The lowest BCUT2D eigenvalue weighted by atomic mass is 10.0. The summed E-state index contributed by atoms with van der Waals surface area (Å²) < 4.78 is 5.84. The molecule has 0 aromatic carbocycles. The highest BCUT2D eigenvalue weighted by Crippen LogP contribution is 2.30. The predicted octanol–water partition coefficient (Wildman–Crippen LogP) is 4.24. The topological polar surface area (TPSA) is 25.2 Å². The van der Waals surface area contributed by atoms with E-state index in [1.54, 1.807) is 6.26 Å². The molecule has 1 unspecified atom stereocenters. The van der Waals surface area contributed by atoms with Gasteiger partial charge in [0, 0.05) is 11.3 Å². The van der Waals surface area contributed by atoms with Crippen LogP contribution in [0, 0.1) is 0 Å². The minimum Gasteiger partial charge on any atom is -0.468 e. The molecule has 2 nitrogen and oxygen atoms in total. The van der Waals surface area contributed by atoms with Gasteiger partial charge in [-0.15, -0.1) is 0 Å². The first-order valence-electron chi connectivity index (χ1n) is 6.53. The third kappa shape index (κ3) is 3.78. The average molecular weight is 255 g/mol. The molecule has 1 aromatic heterocycles. The van der Waals surface area contributed by atoms with Crippen LogP contribution in [0.2, 0.25) is 0 Å². The van der Waals surface area contributed by atoms with Crippen LogP contribution in [0.5, 0.6) is 0 Å². The first-order valence-corrected chi connectivity index (χ1v) is 7.75. The Bertz CT molecular complexity index is 285. The maximum atomic E-state index is 5.48. The zero-order chi connectivity index (χ0) is 12.7. The molecule has 17 heavy (non-hydrogen) atoms. The lowest BCUT2D eigenvalue weighted by Crippen LogP contribution is -2.38. The molecule has 0 saturated heterocycles. The van der Waals surface area contributed by atoms with Crippen LogP contribution in [0.25, 0.3) is 0 Å². The molecule has 0 aliphatic carbocycles. The Labute approximate surface area is 110 Å². The van der Waals surface area contributed by atoms with Gasteiger partial charge in [0.2, 0.25) is 0 Å². The van der Waals surface area contributed by atoms with E-state index in [4.69, 9.17) is 4.42 Å². The average Bonchev–Trinajstić information content (AvgIpc) is 2.89. The summed E-state index contributed by atoms with van der Waals surface area (Å²) in [6.07, 6.45) is 7.42. The first-order chi connectivity index (χ1) is 8.21. The molecule has 0 bridgehead atoms. The van der Waals surface area contributed by atoms with Crippen LogP contribution in [-0.4, -0.2) is 17.5 Å². The fourth-order valence-corrected chi connectivity index (χ4v) is 2.91. The van der Waals surface area contributed by atoms with E-state index < -0.39 is 0 Å². The summed E-state index contributed by atoms with van der Waals surface area (Å²) >= 11 is 1.97. The van der Waals surface area contributed by atoms with E-state index >= 15 is 0 Å². The van der Waals surface area contributed by atoms with Crippen molar-refractivity contribution in [1.82, 2.24) is 5.32 Å². The summed E-state index contributed by atoms with van der Waals surface area (Å²) in [5, 5.41) is 3.65. The second kappa shape index (κ2) is 7.12. The van der Waals surface area contributed by atoms with Crippen molar-refractivity contribution in [1.29, 1.82) is 0 Å². The second-order valence-corrected chi connectivity index (χ2v) is 5.73. The summed E-state index contributed by atoms with van der Waals surface area (Å²) in [6.45, 7) is 7.78. The monoisotopic (exact) mass is 255 g/mol. The van der Waals surface area contributed by atoms with E-state index in [0.717, 1.165) is 18.7 Å². The lowest BCUT2D eigenvalue weighted by molar-refractivity contribution is 0.378. The smallest absolute Gasteiger partial charge is 0.120 e. The van der Waals surface area contributed by atoms with Crippen molar-refractivity contribution in [2.75, 3.05) is 12.8 Å². The molecule has 0 aliphatic heterocycles. The van der Waals surface area contributed by atoms with Gasteiger partial charge in [0.25, 0.3) is 0 Å². The Morgan fingerprint density at radius 1 is 1.35 bits per heavy atom. The number of thioether (sulfide) groups is 1. The fraction of sp³-hybridized carbons (Fsp3) is 0.714. The van der Waals surface area contributed by atoms with Crippen molar-refractivity contribution in [3.05, 3.63) is 24.2 Å². The minimum absolute atomic E-state index is 0.342. The summed E-state index contributed by atoms with van der Waals surface area (Å²) in [5.74, 6) is 1.05. The molecule has 1 heterocycles. The first kappa shape index (κ1) is 14.7. The van der Waals surface area contributed by atoms with Crippen molar-refractivity contribution >= 4 is 11.8 Å². The molecular weight excluding hydrogens is 230 g/mol.